The Balaban J connectivity index is 1.27. The summed E-state index contributed by atoms with van der Waals surface area (Å²) in [5, 5.41) is 0. The fourth-order valence-corrected chi connectivity index (χ4v) is 4.92. The van der Waals surface area contributed by atoms with Crippen LogP contribution in [0.3, 0.4) is 0 Å². The Morgan fingerprint density at radius 3 is 2.44 bits per heavy atom. The minimum atomic E-state index is 0.112. The first-order chi connectivity index (χ1) is 13.1. The molecule has 1 aliphatic carbocycles. The summed E-state index contributed by atoms with van der Waals surface area (Å²) >= 11 is 0. The topological polar surface area (TPSA) is 49.3 Å². The molecule has 2 atom stereocenters. The third kappa shape index (κ3) is 2.89. The molecule has 2 aromatic rings. The normalized spacial score (nSPS) is 27.5. The molecule has 27 heavy (non-hydrogen) atoms. The van der Waals surface area contributed by atoms with E-state index in [2.05, 4.69) is 33.9 Å². The number of anilines is 1. The lowest BCUT2D eigenvalue weighted by molar-refractivity contribution is 0.0774. The Kier molecular flexibility index (Phi) is 3.92. The van der Waals surface area contributed by atoms with Crippen molar-refractivity contribution in [3.05, 3.63) is 53.9 Å². The van der Waals surface area contributed by atoms with Crippen LogP contribution in [0.25, 0.3) is 0 Å². The van der Waals surface area contributed by atoms with Crippen LogP contribution in [0, 0.1) is 11.3 Å². The van der Waals surface area contributed by atoms with Crippen LogP contribution in [0.2, 0.25) is 0 Å². The first-order valence-electron chi connectivity index (χ1n) is 10.0. The summed E-state index contributed by atoms with van der Waals surface area (Å²) < 4.78 is 0. The van der Waals surface area contributed by atoms with Gasteiger partial charge in [0.1, 0.15) is 0 Å². The molecule has 1 aromatic heterocycles. The highest BCUT2D eigenvalue weighted by Crippen LogP contribution is 2.43. The fraction of sp³-hybridized carbons (Fsp3) is 0.500. The molecule has 1 saturated carbocycles. The van der Waals surface area contributed by atoms with Gasteiger partial charge in [0.25, 0.3) is 5.91 Å². The zero-order valence-corrected chi connectivity index (χ0v) is 15.8. The predicted molar refractivity (Wildman–Crippen MR) is 105 cm³/mol. The number of rotatable bonds is 3. The van der Waals surface area contributed by atoms with E-state index in [1.165, 1.54) is 24.8 Å². The van der Waals surface area contributed by atoms with Crippen molar-refractivity contribution in [2.45, 2.75) is 32.1 Å². The van der Waals surface area contributed by atoms with Gasteiger partial charge in [-0.15, -0.1) is 0 Å². The second-order valence-electron chi connectivity index (χ2n) is 8.72. The zero-order valence-electron chi connectivity index (χ0n) is 15.8. The first-order valence-corrected chi connectivity index (χ1v) is 10.0. The zero-order chi connectivity index (χ0) is 18.4. The smallest absolute Gasteiger partial charge is 0.253 e. The van der Waals surface area contributed by atoms with E-state index in [0.717, 1.165) is 37.7 Å². The number of carbonyl (C=O) groups is 1. The van der Waals surface area contributed by atoms with Gasteiger partial charge in [0, 0.05) is 55.5 Å². The van der Waals surface area contributed by atoms with Crippen LogP contribution in [0.1, 0.15) is 48.0 Å². The lowest BCUT2D eigenvalue weighted by atomic mass is 9.80. The van der Waals surface area contributed by atoms with Crippen LogP contribution in [-0.4, -0.2) is 47.0 Å². The van der Waals surface area contributed by atoms with Crippen molar-refractivity contribution in [3.63, 3.8) is 0 Å². The molecule has 5 rings (SSSR count). The number of carbonyl (C=O) groups excluding carboxylic acids is 1. The van der Waals surface area contributed by atoms with E-state index in [-0.39, 0.29) is 11.3 Å². The van der Waals surface area contributed by atoms with E-state index in [9.17, 15) is 4.79 Å². The van der Waals surface area contributed by atoms with E-state index in [0.29, 0.717) is 11.8 Å². The number of hydrogen-bond acceptors (Lipinski definition) is 4. The molecule has 140 valence electrons. The molecule has 2 aliphatic heterocycles. The van der Waals surface area contributed by atoms with Crippen molar-refractivity contribution in [2.75, 3.05) is 31.1 Å². The monoisotopic (exact) mass is 362 g/mol. The lowest BCUT2D eigenvalue weighted by Crippen LogP contribution is -2.36. The summed E-state index contributed by atoms with van der Waals surface area (Å²) in [6, 6.07) is 10.2. The Morgan fingerprint density at radius 1 is 1.07 bits per heavy atom. The molecule has 1 amide bonds. The Hall–Kier alpha value is -2.43. The van der Waals surface area contributed by atoms with E-state index in [1.54, 1.807) is 12.4 Å². The van der Waals surface area contributed by atoms with Gasteiger partial charge in [-0.05, 0) is 42.5 Å². The average Bonchev–Trinajstić information content (AvgIpc) is 3.13. The summed E-state index contributed by atoms with van der Waals surface area (Å²) in [4.78, 5) is 26.1. The first kappa shape index (κ1) is 16.7. The van der Waals surface area contributed by atoms with Gasteiger partial charge in [-0.25, -0.2) is 9.97 Å². The van der Waals surface area contributed by atoms with Crippen LogP contribution in [0.15, 0.2) is 42.7 Å². The van der Waals surface area contributed by atoms with Crippen molar-refractivity contribution >= 4 is 11.9 Å². The van der Waals surface area contributed by atoms with Crippen LogP contribution in [0.4, 0.5) is 5.95 Å². The van der Waals surface area contributed by atoms with Crippen LogP contribution in [-0.2, 0) is 0 Å². The molecule has 3 fully saturated rings. The number of benzene rings is 1. The third-order valence-corrected chi connectivity index (χ3v) is 6.83. The summed E-state index contributed by atoms with van der Waals surface area (Å²) in [7, 11) is 0. The molecule has 3 aliphatic rings. The maximum absolute atomic E-state index is 13.0. The molecule has 0 radical (unpaired) electrons. The van der Waals surface area contributed by atoms with Gasteiger partial charge in [-0.3, -0.25) is 4.79 Å². The SMILES string of the molecule is C[C@]12CN(C(=O)c3ccc(C4CCC4)cc3)C[C@H]1CN(c1ncccn1)C2. The Labute approximate surface area is 160 Å². The standard InChI is InChI=1S/C22H26N4O/c1-22-14-25(12-19(22)13-26(15-22)21-23-10-3-11-24-21)20(27)18-8-6-17(7-9-18)16-4-2-5-16/h3,6-11,16,19H,2,4-5,12-15H2,1H3/t19-,22+/m0/s1. The molecular formula is C22H26N4O. The second kappa shape index (κ2) is 6.32. The Morgan fingerprint density at radius 2 is 1.81 bits per heavy atom. The quantitative estimate of drug-likeness (QED) is 0.840. The van der Waals surface area contributed by atoms with Crippen molar-refractivity contribution in [1.82, 2.24) is 14.9 Å². The van der Waals surface area contributed by atoms with E-state index < -0.39 is 0 Å². The van der Waals surface area contributed by atoms with Gasteiger partial charge in [-0.1, -0.05) is 25.5 Å². The number of aromatic nitrogens is 2. The third-order valence-electron chi connectivity index (χ3n) is 6.83. The number of amides is 1. The van der Waals surface area contributed by atoms with Crippen molar-refractivity contribution in [1.29, 1.82) is 0 Å². The molecule has 0 unspecified atom stereocenters. The maximum atomic E-state index is 13.0. The number of likely N-dealkylation sites (tertiary alicyclic amines) is 1. The molecular weight excluding hydrogens is 336 g/mol. The van der Waals surface area contributed by atoms with Crippen LogP contribution in [0.5, 0.6) is 0 Å². The summed E-state index contributed by atoms with van der Waals surface area (Å²) in [6.45, 7) is 5.76. The number of nitrogens with zero attached hydrogens (tertiary/aromatic N) is 4. The molecule has 0 N–H and O–H groups in total. The molecule has 1 aromatic carbocycles. The lowest BCUT2D eigenvalue weighted by Gasteiger charge is -2.27. The average molecular weight is 362 g/mol. The van der Waals surface area contributed by atoms with Gasteiger partial charge in [0.05, 0.1) is 0 Å². The van der Waals surface area contributed by atoms with Gasteiger partial charge in [0.15, 0.2) is 0 Å². The highest BCUT2D eigenvalue weighted by Gasteiger charge is 2.51. The predicted octanol–water partition coefficient (Wildman–Crippen LogP) is 3.34. The summed E-state index contributed by atoms with van der Waals surface area (Å²) in [6.07, 6.45) is 7.51. The van der Waals surface area contributed by atoms with Crippen molar-refractivity contribution in [3.8, 4) is 0 Å². The fourth-order valence-electron chi connectivity index (χ4n) is 4.92. The molecule has 5 nitrogen and oxygen atoms in total. The van der Waals surface area contributed by atoms with E-state index >= 15 is 0 Å². The summed E-state index contributed by atoms with van der Waals surface area (Å²) in [5.74, 6) is 2.16. The highest BCUT2D eigenvalue weighted by atomic mass is 16.2. The molecule has 3 heterocycles. The molecule has 2 saturated heterocycles. The Bertz CT molecular complexity index is 833. The highest BCUT2D eigenvalue weighted by molar-refractivity contribution is 5.94. The van der Waals surface area contributed by atoms with Gasteiger partial charge in [0.2, 0.25) is 5.95 Å². The second-order valence-corrected chi connectivity index (χ2v) is 8.72. The molecule has 5 heteroatoms. The number of hydrogen-bond donors (Lipinski definition) is 0. The van der Waals surface area contributed by atoms with Crippen molar-refractivity contribution < 1.29 is 4.79 Å². The number of fused-ring (bicyclic) bond motifs is 1. The molecule has 0 bridgehead atoms. The maximum Gasteiger partial charge on any atom is 0.253 e. The van der Waals surface area contributed by atoms with Crippen LogP contribution >= 0.6 is 0 Å². The van der Waals surface area contributed by atoms with Crippen LogP contribution < -0.4 is 4.90 Å². The van der Waals surface area contributed by atoms with Crippen molar-refractivity contribution in [2.24, 2.45) is 11.3 Å². The minimum absolute atomic E-state index is 0.112. The van der Waals surface area contributed by atoms with E-state index in [4.69, 9.17) is 0 Å². The largest absolute Gasteiger partial charge is 0.340 e. The minimum Gasteiger partial charge on any atom is -0.340 e. The molecule has 0 spiro atoms. The summed E-state index contributed by atoms with van der Waals surface area (Å²) in [5.41, 5.74) is 2.33. The van der Waals surface area contributed by atoms with Gasteiger partial charge in [-0.2, -0.15) is 0 Å². The van der Waals surface area contributed by atoms with E-state index in [1.807, 2.05) is 23.1 Å². The van der Waals surface area contributed by atoms with Gasteiger partial charge < -0.3 is 9.80 Å². The van der Waals surface area contributed by atoms with Gasteiger partial charge >= 0.3 is 0 Å².